The minimum Gasteiger partial charge on any atom is -0.491 e. The molecule has 0 amide bonds. The Morgan fingerprint density at radius 3 is 2.17 bits per heavy atom. The quantitative estimate of drug-likeness (QED) is 0.756. The van der Waals surface area contributed by atoms with Crippen LogP contribution in [0.25, 0.3) is 0 Å². The van der Waals surface area contributed by atoms with E-state index in [0.29, 0.717) is 12.5 Å². The maximum absolute atomic E-state index is 5.92. The third kappa shape index (κ3) is 4.56. The zero-order chi connectivity index (χ0) is 13.5. The lowest BCUT2D eigenvalue weighted by molar-refractivity contribution is 0.238. The molecule has 0 unspecified atom stereocenters. The van der Waals surface area contributed by atoms with Crippen LogP contribution in [0, 0.1) is 5.92 Å². The van der Waals surface area contributed by atoms with Crippen LogP contribution in [-0.2, 0) is 6.42 Å². The van der Waals surface area contributed by atoms with E-state index < -0.39 is 0 Å². The van der Waals surface area contributed by atoms with E-state index in [2.05, 4.69) is 57.8 Å². The van der Waals surface area contributed by atoms with Gasteiger partial charge in [0.1, 0.15) is 5.75 Å². The van der Waals surface area contributed by atoms with Gasteiger partial charge in [0.05, 0.1) is 15.6 Å². The van der Waals surface area contributed by atoms with Crippen molar-refractivity contribution >= 4 is 31.9 Å². The Hall–Kier alpha value is -0.0600. The van der Waals surface area contributed by atoms with Gasteiger partial charge in [0.25, 0.3) is 0 Å². The minimum absolute atomic E-state index is 0.618. The maximum Gasteiger partial charge on any atom is 0.147 e. The number of nitrogens with two attached hydrogens (primary N) is 1. The highest BCUT2D eigenvalue weighted by molar-refractivity contribution is 9.11. The Morgan fingerprint density at radius 2 is 1.72 bits per heavy atom. The predicted octanol–water partition coefficient (Wildman–Crippen LogP) is 4.53. The largest absolute Gasteiger partial charge is 0.491 e. The summed E-state index contributed by atoms with van der Waals surface area (Å²) in [5.74, 6) is 1.51. The first kappa shape index (κ1) is 16.0. The monoisotopic (exact) mass is 377 g/mol. The van der Waals surface area contributed by atoms with Crippen LogP contribution in [0.2, 0.25) is 0 Å². The van der Waals surface area contributed by atoms with Crippen molar-refractivity contribution < 1.29 is 4.74 Å². The molecule has 0 heterocycles. The molecular formula is C14H21Br2NO. The smallest absolute Gasteiger partial charge is 0.147 e. The van der Waals surface area contributed by atoms with E-state index >= 15 is 0 Å². The summed E-state index contributed by atoms with van der Waals surface area (Å²) < 4.78 is 7.90. The fraction of sp³-hybridized carbons (Fsp3) is 0.571. The number of rotatable bonds is 7. The highest BCUT2D eigenvalue weighted by Crippen LogP contribution is 2.35. The minimum atomic E-state index is 0.618. The lowest BCUT2D eigenvalue weighted by Crippen LogP contribution is -2.11. The molecule has 0 spiro atoms. The van der Waals surface area contributed by atoms with Crippen molar-refractivity contribution in [2.24, 2.45) is 11.7 Å². The van der Waals surface area contributed by atoms with Gasteiger partial charge in [-0.25, -0.2) is 0 Å². The van der Waals surface area contributed by atoms with Gasteiger partial charge in [0.15, 0.2) is 0 Å². The molecule has 2 N–H and O–H groups in total. The first-order chi connectivity index (χ1) is 8.62. The van der Waals surface area contributed by atoms with Crippen LogP contribution in [0.15, 0.2) is 21.1 Å². The second kappa shape index (κ2) is 8.18. The highest BCUT2D eigenvalue weighted by Gasteiger charge is 2.11. The summed E-state index contributed by atoms with van der Waals surface area (Å²) in [4.78, 5) is 0. The maximum atomic E-state index is 5.92. The summed E-state index contributed by atoms with van der Waals surface area (Å²) in [6.45, 7) is 5.82. The molecule has 2 nitrogen and oxygen atoms in total. The van der Waals surface area contributed by atoms with E-state index in [0.717, 1.165) is 40.6 Å². The highest BCUT2D eigenvalue weighted by atomic mass is 79.9. The second-order valence-corrected chi connectivity index (χ2v) is 6.13. The number of benzene rings is 1. The number of hydrogen-bond donors (Lipinski definition) is 1. The van der Waals surface area contributed by atoms with E-state index in [4.69, 9.17) is 10.5 Å². The van der Waals surface area contributed by atoms with Crippen LogP contribution in [0.1, 0.15) is 32.3 Å². The van der Waals surface area contributed by atoms with Gasteiger partial charge in [-0.15, -0.1) is 0 Å². The Balaban J connectivity index is 2.77. The third-order valence-corrected chi connectivity index (χ3v) is 4.29. The predicted molar refractivity (Wildman–Crippen MR) is 84.2 cm³/mol. The van der Waals surface area contributed by atoms with Crippen LogP contribution in [-0.4, -0.2) is 13.2 Å². The molecule has 0 atom stereocenters. The molecule has 0 saturated carbocycles. The summed E-state index contributed by atoms with van der Waals surface area (Å²) in [5.41, 5.74) is 6.79. The van der Waals surface area contributed by atoms with E-state index in [9.17, 15) is 0 Å². The van der Waals surface area contributed by atoms with Gasteiger partial charge in [-0.05, 0) is 68.4 Å². The van der Waals surface area contributed by atoms with E-state index in [-0.39, 0.29) is 0 Å². The van der Waals surface area contributed by atoms with Gasteiger partial charge in [-0.3, -0.25) is 0 Å². The molecule has 0 aliphatic carbocycles. The molecule has 0 radical (unpaired) electrons. The van der Waals surface area contributed by atoms with Gasteiger partial charge in [-0.2, -0.15) is 0 Å². The molecule has 18 heavy (non-hydrogen) atoms. The Kier molecular flexibility index (Phi) is 7.27. The normalized spacial score (nSPS) is 11.0. The molecular weight excluding hydrogens is 358 g/mol. The second-order valence-electron chi connectivity index (χ2n) is 4.42. The standard InChI is InChI=1S/C14H21Br2NO/c1-3-10(4-2)9-18-14-12(15)7-11(5-6-17)8-13(14)16/h7-8,10H,3-6,9,17H2,1-2H3. The Bertz CT molecular complexity index is 355. The fourth-order valence-corrected chi connectivity index (χ4v) is 3.30. The van der Waals surface area contributed by atoms with Crippen LogP contribution in [0.4, 0.5) is 0 Å². The first-order valence-electron chi connectivity index (χ1n) is 6.43. The molecule has 0 aliphatic heterocycles. The number of ether oxygens (including phenoxy) is 1. The topological polar surface area (TPSA) is 35.2 Å². The zero-order valence-corrected chi connectivity index (χ0v) is 14.2. The summed E-state index contributed by atoms with van der Waals surface area (Å²) in [7, 11) is 0. The van der Waals surface area contributed by atoms with Crippen molar-refractivity contribution in [2.75, 3.05) is 13.2 Å². The van der Waals surface area contributed by atoms with Crippen LogP contribution in [0.3, 0.4) is 0 Å². The summed E-state index contributed by atoms with van der Waals surface area (Å²) in [5, 5.41) is 0. The van der Waals surface area contributed by atoms with Crippen molar-refractivity contribution in [3.63, 3.8) is 0 Å². The third-order valence-electron chi connectivity index (χ3n) is 3.11. The first-order valence-corrected chi connectivity index (χ1v) is 8.01. The van der Waals surface area contributed by atoms with Crippen molar-refractivity contribution in [3.05, 3.63) is 26.6 Å². The van der Waals surface area contributed by atoms with Crippen molar-refractivity contribution in [2.45, 2.75) is 33.1 Å². The molecule has 102 valence electrons. The molecule has 1 rings (SSSR count). The molecule has 0 aliphatic rings. The lowest BCUT2D eigenvalue weighted by atomic mass is 10.1. The van der Waals surface area contributed by atoms with Gasteiger partial charge in [0, 0.05) is 0 Å². The molecule has 1 aromatic carbocycles. The Labute approximate surface area is 127 Å². The molecule has 0 bridgehead atoms. The molecule has 0 fully saturated rings. The van der Waals surface area contributed by atoms with Crippen LogP contribution < -0.4 is 10.5 Å². The lowest BCUT2D eigenvalue weighted by Gasteiger charge is -2.16. The van der Waals surface area contributed by atoms with Crippen LogP contribution in [0.5, 0.6) is 5.75 Å². The molecule has 1 aromatic rings. The van der Waals surface area contributed by atoms with Gasteiger partial charge in [0.2, 0.25) is 0 Å². The van der Waals surface area contributed by atoms with E-state index in [1.807, 2.05) is 0 Å². The van der Waals surface area contributed by atoms with Gasteiger partial charge >= 0.3 is 0 Å². The molecule has 0 aromatic heterocycles. The van der Waals surface area contributed by atoms with Gasteiger partial charge < -0.3 is 10.5 Å². The fourth-order valence-electron chi connectivity index (χ4n) is 1.79. The molecule has 0 saturated heterocycles. The average molecular weight is 379 g/mol. The van der Waals surface area contributed by atoms with Crippen LogP contribution >= 0.6 is 31.9 Å². The SMILES string of the molecule is CCC(CC)COc1c(Br)cc(CCN)cc1Br. The van der Waals surface area contributed by atoms with E-state index in [1.54, 1.807) is 0 Å². The summed E-state index contributed by atoms with van der Waals surface area (Å²) in [6, 6.07) is 4.17. The summed E-state index contributed by atoms with van der Waals surface area (Å²) in [6.07, 6.45) is 3.18. The average Bonchev–Trinajstić information content (AvgIpc) is 2.33. The number of halogens is 2. The summed E-state index contributed by atoms with van der Waals surface area (Å²) >= 11 is 7.13. The zero-order valence-electron chi connectivity index (χ0n) is 11.0. The molecule has 4 heteroatoms. The number of hydrogen-bond acceptors (Lipinski definition) is 2. The van der Waals surface area contributed by atoms with Crippen molar-refractivity contribution in [1.82, 2.24) is 0 Å². The van der Waals surface area contributed by atoms with Crippen molar-refractivity contribution in [3.8, 4) is 5.75 Å². The van der Waals surface area contributed by atoms with Gasteiger partial charge in [-0.1, -0.05) is 26.7 Å². The van der Waals surface area contributed by atoms with E-state index in [1.165, 1.54) is 5.56 Å². The Morgan fingerprint density at radius 1 is 1.17 bits per heavy atom. The van der Waals surface area contributed by atoms with Crippen molar-refractivity contribution in [1.29, 1.82) is 0 Å².